The fraction of sp³-hybridized carbons (Fsp3) is 0.667. The molecule has 0 saturated carbocycles. The highest BCUT2D eigenvalue weighted by Crippen LogP contribution is 2.30. The molecule has 4 atom stereocenters. The highest BCUT2D eigenvalue weighted by molar-refractivity contribution is 5.89. The molecule has 4 rings (SSSR count). The molecular formula is C27H39N3O4. The third-order valence-corrected chi connectivity index (χ3v) is 7.75. The van der Waals surface area contributed by atoms with Crippen LogP contribution in [0.5, 0.6) is 0 Å². The van der Waals surface area contributed by atoms with Crippen LogP contribution in [0.2, 0.25) is 0 Å². The van der Waals surface area contributed by atoms with Crippen LogP contribution in [0.15, 0.2) is 18.2 Å². The molecule has 186 valence electrons. The molecular weight excluding hydrogens is 430 g/mol. The third kappa shape index (κ3) is 5.80. The van der Waals surface area contributed by atoms with Gasteiger partial charge in [0.05, 0.1) is 19.1 Å². The fourth-order valence-corrected chi connectivity index (χ4v) is 5.57. The zero-order valence-electron chi connectivity index (χ0n) is 20.8. The number of hydrogen-bond acceptors (Lipinski definition) is 5. The second-order valence-electron chi connectivity index (χ2n) is 10.5. The van der Waals surface area contributed by atoms with E-state index in [1.54, 1.807) is 9.80 Å². The molecule has 1 fully saturated rings. The lowest BCUT2D eigenvalue weighted by Crippen LogP contribution is -2.45. The minimum Gasteiger partial charge on any atom is -0.444 e. The molecule has 1 aromatic rings. The number of rotatable bonds is 1. The average molecular weight is 470 g/mol. The highest BCUT2D eigenvalue weighted by atomic mass is 16.6. The Morgan fingerprint density at radius 1 is 1.06 bits per heavy atom. The first kappa shape index (κ1) is 24.7. The molecule has 4 bridgehead atoms. The molecule has 0 radical (unpaired) electrons. The van der Waals surface area contributed by atoms with E-state index in [0.717, 1.165) is 25.7 Å². The van der Waals surface area contributed by atoms with Gasteiger partial charge in [-0.1, -0.05) is 44.4 Å². The van der Waals surface area contributed by atoms with Gasteiger partial charge in [0, 0.05) is 25.6 Å². The Bertz CT molecular complexity index is 917. The number of amides is 2. The van der Waals surface area contributed by atoms with Gasteiger partial charge in [0.15, 0.2) is 5.78 Å². The second-order valence-corrected chi connectivity index (χ2v) is 10.5. The average Bonchev–Trinajstić information content (AvgIpc) is 3.43. The van der Waals surface area contributed by atoms with E-state index >= 15 is 0 Å². The largest absolute Gasteiger partial charge is 0.444 e. The van der Waals surface area contributed by atoms with Crippen molar-refractivity contribution in [2.75, 3.05) is 13.1 Å². The lowest BCUT2D eigenvalue weighted by atomic mass is 9.92. The number of Topliss-reactive ketones (excluding diaryl/α,β-unsaturated/α-hetero) is 1. The van der Waals surface area contributed by atoms with Crippen LogP contribution in [0.25, 0.3) is 0 Å². The van der Waals surface area contributed by atoms with Gasteiger partial charge in [-0.05, 0) is 55.7 Å². The number of ketones is 1. The molecule has 7 heteroatoms. The van der Waals surface area contributed by atoms with Crippen LogP contribution in [0.1, 0.15) is 76.0 Å². The number of nitrogens with zero attached hydrogens (tertiary/aromatic N) is 2. The van der Waals surface area contributed by atoms with Crippen LogP contribution in [0.4, 0.5) is 4.79 Å². The Morgan fingerprint density at radius 3 is 2.62 bits per heavy atom. The minimum absolute atomic E-state index is 0.0642. The Balaban J connectivity index is 1.50. The molecule has 3 heterocycles. The quantitative estimate of drug-likeness (QED) is 0.677. The number of carbonyl (C=O) groups is 3. The molecule has 34 heavy (non-hydrogen) atoms. The van der Waals surface area contributed by atoms with Gasteiger partial charge in [0.25, 0.3) is 0 Å². The predicted octanol–water partition coefficient (Wildman–Crippen LogP) is 3.82. The Morgan fingerprint density at radius 2 is 1.82 bits per heavy atom. The summed E-state index contributed by atoms with van der Waals surface area (Å²) in [5.41, 5.74) is 3.78. The summed E-state index contributed by atoms with van der Waals surface area (Å²) in [6.07, 6.45) is 6.28. The second kappa shape index (κ2) is 10.9. The molecule has 1 saturated heterocycles. The lowest BCUT2D eigenvalue weighted by Gasteiger charge is -2.24. The van der Waals surface area contributed by atoms with Gasteiger partial charge in [0.2, 0.25) is 5.91 Å². The van der Waals surface area contributed by atoms with Gasteiger partial charge in [-0.2, -0.15) is 0 Å². The molecule has 1 unspecified atom stereocenters. The Hall–Kier alpha value is -2.41. The van der Waals surface area contributed by atoms with Crippen LogP contribution in [-0.2, 0) is 33.8 Å². The van der Waals surface area contributed by atoms with E-state index in [-0.39, 0.29) is 36.9 Å². The predicted molar refractivity (Wildman–Crippen MR) is 130 cm³/mol. The Kier molecular flexibility index (Phi) is 7.91. The van der Waals surface area contributed by atoms with Gasteiger partial charge < -0.3 is 15.0 Å². The number of fused-ring (bicyclic) bond motifs is 3. The normalized spacial score (nSPS) is 29.1. The highest BCUT2D eigenvalue weighted by Gasteiger charge is 2.40. The molecule has 7 nitrogen and oxygen atoms in total. The molecule has 0 aliphatic carbocycles. The maximum absolute atomic E-state index is 13.0. The summed E-state index contributed by atoms with van der Waals surface area (Å²) < 4.78 is 5.82. The number of ether oxygens (including phenoxy) is 1. The molecule has 1 N–H and O–H groups in total. The summed E-state index contributed by atoms with van der Waals surface area (Å²) >= 11 is 0. The summed E-state index contributed by atoms with van der Waals surface area (Å²) in [7, 11) is 0. The van der Waals surface area contributed by atoms with Crippen molar-refractivity contribution >= 4 is 17.8 Å². The van der Waals surface area contributed by atoms with E-state index in [2.05, 4.69) is 37.4 Å². The summed E-state index contributed by atoms with van der Waals surface area (Å²) in [6, 6.07) is 6.10. The standard InChI is InChI=1S/C27H39N3O4/c1-18-7-4-5-8-19(2)28-14-26(32)30-16-23(13-25(30)20(3)31)34-27(33)29-15-22-10-6-9-21(12-11-18)24(22)17-29/h6,9-10,18-19,23,25,28H,4-5,7-8,11-17H2,1-3H3/t18-,19?,23+,25-/m0/s1. The first-order valence-corrected chi connectivity index (χ1v) is 12.9. The number of nitrogens with one attached hydrogen (secondary N) is 1. The van der Waals surface area contributed by atoms with Crippen molar-refractivity contribution in [3.63, 3.8) is 0 Å². The van der Waals surface area contributed by atoms with Gasteiger partial charge >= 0.3 is 6.09 Å². The summed E-state index contributed by atoms with van der Waals surface area (Å²) in [6.45, 7) is 7.53. The van der Waals surface area contributed by atoms with E-state index in [1.807, 2.05) is 0 Å². The number of hydrogen-bond donors (Lipinski definition) is 1. The third-order valence-electron chi connectivity index (χ3n) is 7.75. The maximum atomic E-state index is 13.0. The molecule has 3 aliphatic heterocycles. The SMILES string of the molecule is CC(=O)[C@@H]1C[C@@H]2CN1C(=O)CNC(C)CCCC[C@H](C)CCc1cccc3c1CN(C3)C(=O)O2. The monoisotopic (exact) mass is 469 g/mol. The van der Waals surface area contributed by atoms with E-state index in [0.29, 0.717) is 25.4 Å². The van der Waals surface area contributed by atoms with Crippen molar-refractivity contribution in [1.29, 1.82) is 0 Å². The van der Waals surface area contributed by atoms with Gasteiger partial charge in [-0.15, -0.1) is 0 Å². The van der Waals surface area contributed by atoms with Crippen molar-refractivity contribution < 1.29 is 19.1 Å². The van der Waals surface area contributed by atoms with Crippen LogP contribution < -0.4 is 5.32 Å². The van der Waals surface area contributed by atoms with Crippen molar-refractivity contribution in [3.05, 3.63) is 34.9 Å². The lowest BCUT2D eigenvalue weighted by molar-refractivity contribution is -0.136. The molecule has 1 aromatic carbocycles. The zero-order valence-corrected chi connectivity index (χ0v) is 20.8. The van der Waals surface area contributed by atoms with Gasteiger partial charge in [0.1, 0.15) is 6.10 Å². The summed E-state index contributed by atoms with van der Waals surface area (Å²) in [5.74, 6) is 0.484. The first-order chi connectivity index (χ1) is 16.3. The van der Waals surface area contributed by atoms with Crippen LogP contribution >= 0.6 is 0 Å². The van der Waals surface area contributed by atoms with Gasteiger partial charge in [-0.25, -0.2) is 4.79 Å². The maximum Gasteiger partial charge on any atom is 0.410 e. The molecule has 0 spiro atoms. The van der Waals surface area contributed by atoms with Crippen LogP contribution in [0.3, 0.4) is 0 Å². The minimum atomic E-state index is -0.527. The van der Waals surface area contributed by atoms with E-state index in [9.17, 15) is 14.4 Å². The van der Waals surface area contributed by atoms with E-state index < -0.39 is 12.1 Å². The number of carbonyl (C=O) groups excluding carboxylic acids is 3. The zero-order chi connectivity index (χ0) is 24.2. The molecule has 3 aliphatic rings. The number of aryl methyl sites for hydroxylation is 1. The van der Waals surface area contributed by atoms with E-state index in [1.165, 1.54) is 36.5 Å². The van der Waals surface area contributed by atoms with Crippen molar-refractivity contribution in [2.45, 2.75) is 97.0 Å². The smallest absolute Gasteiger partial charge is 0.410 e. The Labute approximate surface area is 203 Å². The number of benzene rings is 1. The first-order valence-electron chi connectivity index (χ1n) is 12.9. The topological polar surface area (TPSA) is 79.0 Å². The van der Waals surface area contributed by atoms with Crippen molar-refractivity contribution in [2.24, 2.45) is 5.92 Å². The summed E-state index contributed by atoms with van der Waals surface area (Å²) in [5, 5.41) is 3.33. The molecule has 2 amide bonds. The van der Waals surface area contributed by atoms with E-state index in [4.69, 9.17) is 4.74 Å². The summed E-state index contributed by atoms with van der Waals surface area (Å²) in [4.78, 5) is 41.5. The van der Waals surface area contributed by atoms with Crippen molar-refractivity contribution in [1.82, 2.24) is 15.1 Å². The molecule has 0 aromatic heterocycles. The fourth-order valence-electron chi connectivity index (χ4n) is 5.57. The van der Waals surface area contributed by atoms with Crippen LogP contribution in [-0.4, -0.2) is 58.9 Å². The van der Waals surface area contributed by atoms with Crippen LogP contribution in [0, 0.1) is 5.92 Å². The van der Waals surface area contributed by atoms with Gasteiger partial charge in [-0.3, -0.25) is 14.5 Å². The van der Waals surface area contributed by atoms with Crippen molar-refractivity contribution in [3.8, 4) is 0 Å².